The van der Waals surface area contributed by atoms with Crippen LogP contribution in [0.1, 0.15) is 5.69 Å². The topological polar surface area (TPSA) is 75.7 Å². The van der Waals surface area contributed by atoms with Crippen LogP contribution < -0.4 is 4.74 Å². The highest BCUT2D eigenvalue weighted by Gasteiger charge is 2.23. The summed E-state index contributed by atoms with van der Waals surface area (Å²) in [5, 5.41) is 18.1. The van der Waals surface area contributed by atoms with Crippen LogP contribution in [0.15, 0.2) is 16.6 Å². The molecular weight excluding hydrogens is 150 g/mol. The van der Waals surface area contributed by atoms with Crippen LogP contribution in [0.5, 0.6) is 5.95 Å². The Morgan fingerprint density at radius 3 is 3.09 bits per heavy atom. The zero-order chi connectivity index (χ0) is 7.84. The maximum atomic E-state index is 9.15. The summed E-state index contributed by atoms with van der Waals surface area (Å²) in [6.07, 6.45) is 1.14. The third-order valence-corrected chi connectivity index (χ3v) is 1.37. The van der Waals surface area contributed by atoms with Crippen molar-refractivity contribution in [3.8, 4) is 5.95 Å². The summed E-state index contributed by atoms with van der Waals surface area (Å²) in [6, 6.07) is 0. The average Bonchev–Trinajstić information content (AvgIpc) is 2.45. The summed E-state index contributed by atoms with van der Waals surface area (Å²) in [6.45, 7) is -0.0754. The molecule has 1 aromatic heterocycles. The maximum absolute atomic E-state index is 9.15. The van der Waals surface area contributed by atoms with Gasteiger partial charge in [0.25, 0.3) is 0 Å². The molecule has 0 aliphatic carbocycles. The molecule has 0 amide bonds. The third-order valence-electron chi connectivity index (χ3n) is 1.37. The first-order valence-corrected chi connectivity index (χ1v) is 2.97. The number of rotatable bonds is 0. The molecule has 5 heteroatoms. The third kappa shape index (κ3) is 0.739. The number of nitrogens with zero attached hydrogens (tertiary/aromatic N) is 1. The highest BCUT2D eigenvalue weighted by atomic mass is 16.6. The van der Waals surface area contributed by atoms with Crippen LogP contribution in [0.4, 0.5) is 0 Å². The minimum absolute atomic E-state index is 0.0754. The minimum Gasteiger partial charge on any atom is -0.505 e. The van der Waals surface area contributed by atoms with E-state index in [-0.39, 0.29) is 29.8 Å². The molecule has 58 valence electrons. The number of ether oxygens (including phenoxy) is 1. The Bertz CT molecular complexity index is 314. The maximum Gasteiger partial charge on any atom is 0.317 e. The van der Waals surface area contributed by atoms with E-state index < -0.39 is 0 Å². The zero-order valence-electron chi connectivity index (χ0n) is 5.44. The molecule has 1 aliphatic rings. The largest absolute Gasteiger partial charge is 0.505 e. The van der Waals surface area contributed by atoms with E-state index in [4.69, 9.17) is 19.4 Å². The molecule has 0 unspecified atom stereocenters. The lowest BCUT2D eigenvalue weighted by Crippen LogP contribution is -2.09. The molecule has 0 aromatic carbocycles. The summed E-state index contributed by atoms with van der Waals surface area (Å²) in [5.74, 6) is -0.369. The predicted molar refractivity (Wildman–Crippen MR) is 34.2 cm³/mol. The quantitative estimate of drug-likeness (QED) is 0.580. The van der Waals surface area contributed by atoms with Crippen LogP contribution in [0.2, 0.25) is 0 Å². The van der Waals surface area contributed by atoms with Gasteiger partial charge >= 0.3 is 5.95 Å². The van der Waals surface area contributed by atoms with Crippen molar-refractivity contribution in [1.29, 1.82) is 0 Å². The molecule has 11 heavy (non-hydrogen) atoms. The van der Waals surface area contributed by atoms with Gasteiger partial charge in [-0.2, -0.15) is 0 Å². The van der Waals surface area contributed by atoms with Crippen LogP contribution >= 0.6 is 0 Å². The van der Waals surface area contributed by atoms with Crippen molar-refractivity contribution in [2.45, 2.75) is 0 Å². The molecule has 0 saturated carbocycles. The molecule has 0 saturated heterocycles. The molecule has 0 bridgehead atoms. The Labute approximate surface area is 61.5 Å². The molecule has 2 rings (SSSR count). The van der Waals surface area contributed by atoms with Crippen LogP contribution in [0, 0.1) is 0 Å². The molecule has 2 N–H and O–H groups in total. The van der Waals surface area contributed by atoms with Gasteiger partial charge in [-0.05, 0) is 0 Å². The van der Waals surface area contributed by atoms with Gasteiger partial charge in [0.1, 0.15) is 0 Å². The standard InChI is InChI=1S/C6H5NO4/c8-3-1-10-6-4(5(3)9)7-2-11-6/h2,8-9H,1H2. The average molecular weight is 155 g/mol. The lowest BCUT2D eigenvalue weighted by atomic mass is 10.3. The fourth-order valence-corrected chi connectivity index (χ4v) is 0.835. The van der Waals surface area contributed by atoms with E-state index in [2.05, 4.69) is 4.98 Å². The fraction of sp³-hybridized carbons (Fsp3) is 0.167. The van der Waals surface area contributed by atoms with E-state index in [1.165, 1.54) is 0 Å². The second kappa shape index (κ2) is 1.91. The van der Waals surface area contributed by atoms with Crippen molar-refractivity contribution in [3.05, 3.63) is 17.8 Å². The lowest BCUT2D eigenvalue weighted by molar-refractivity contribution is 0.206. The van der Waals surface area contributed by atoms with Crippen molar-refractivity contribution < 1.29 is 19.4 Å². The highest BCUT2D eigenvalue weighted by molar-refractivity contribution is 5.61. The van der Waals surface area contributed by atoms with Crippen LogP contribution in [0.3, 0.4) is 0 Å². The van der Waals surface area contributed by atoms with E-state index in [9.17, 15) is 0 Å². The second-order valence-electron chi connectivity index (χ2n) is 2.07. The zero-order valence-corrected chi connectivity index (χ0v) is 5.44. The van der Waals surface area contributed by atoms with E-state index in [1.54, 1.807) is 0 Å². The SMILES string of the molecule is OC1=C(O)c2ncoc2OC1. The van der Waals surface area contributed by atoms with Gasteiger partial charge in [-0.25, -0.2) is 4.98 Å². The number of aliphatic hydroxyl groups excluding tert-OH is 2. The monoisotopic (exact) mass is 155 g/mol. The normalized spacial score (nSPS) is 16.0. The lowest BCUT2D eigenvalue weighted by Gasteiger charge is -2.09. The summed E-state index contributed by atoms with van der Waals surface area (Å²) >= 11 is 0. The van der Waals surface area contributed by atoms with Gasteiger partial charge in [0.2, 0.25) is 0 Å². The Morgan fingerprint density at radius 1 is 1.45 bits per heavy atom. The van der Waals surface area contributed by atoms with Crippen LogP contribution in [-0.2, 0) is 0 Å². The summed E-state index contributed by atoms with van der Waals surface area (Å²) in [5.41, 5.74) is 0.147. The number of aromatic nitrogens is 1. The van der Waals surface area contributed by atoms with Gasteiger partial charge < -0.3 is 19.4 Å². The fourth-order valence-electron chi connectivity index (χ4n) is 0.835. The van der Waals surface area contributed by atoms with E-state index >= 15 is 0 Å². The number of oxazole rings is 1. The summed E-state index contributed by atoms with van der Waals surface area (Å²) in [7, 11) is 0. The Balaban J connectivity index is 2.57. The molecular formula is C6H5NO4. The summed E-state index contributed by atoms with van der Waals surface area (Å²) in [4.78, 5) is 3.63. The predicted octanol–water partition coefficient (Wildman–Crippen LogP) is 0.852. The van der Waals surface area contributed by atoms with E-state index in [0.29, 0.717) is 0 Å². The number of hydrogen-bond acceptors (Lipinski definition) is 5. The smallest absolute Gasteiger partial charge is 0.317 e. The second-order valence-corrected chi connectivity index (χ2v) is 2.07. The van der Waals surface area contributed by atoms with Gasteiger partial charge in [-0.3, -0.25) is 0 Å². The molecule has 2 heterocycles. The first-order valence-electron chi connectivity index (χ1n) is 2.97. The minimum atomic E-state index is -0.278. The van der Waals surface area contributed by atoms with Crippen molar-refractivity contribution in [2.24, 2.45) is 0 Å². The molecule has 5 nitrogen and oxygen atoms in total. The van der Waals surface area contributed by atoms with Gasteiger partial charge in [0.15, 0.2) is 30.2 Å². The first-order chi connectivity index (χ1) is 5.29. The van der Waals surface area contributed by atoms with Crippen LogP contribution in [-0.4, -0.2) is 21.8 Å². The molecule has 0 radical (unpaired) electrons. The number of hydrogen-bond donors (Lipinski definition) is 2. The van der Waals surface area contributed by atoms with Gasteiger partial charge in [-0.1, -0.05) is 0 Å². The van der Waals surface area contributed by atoms with E-state index in [0.717, 1.165) is 6.39 Å². The van der Waals surface area contributed by atoms with Crippen LogP contribution in [0.25, 0.3) is 5.76 Å². The Kier molecular flexibility index (Phi) is 1.06. The van der Waals surface area contributed by atoms with Gasteiger partial charge in [-0.15, -0.1) is 0 Å². The Morgan fingerprint density at radius 2 is 2.27 bits per heavy atom. The van der Waals surface area contributed by atoms with Gasteiger partial charge in [0.05, 0.1) is 0 Å². The molecule has 0 fully saturated rings. The van der Waals surface area contributed by atoms with Crippen molar-refractivity contribution in [2.75, 3.05) is 6.61 Å². The Hall–Kier alpha value is -1.65. The molecule has 0 atom stereocenters. The molecule has 1 aromatic rings. The van der Waals surface area contributed by atoms with E-state index in [1.807, 2.05) is 0 Å². The van der Waals surface area contributed by atoms with Gasteiger partial charge in [0, 0.05) is 0 Å². The first kappa shape index (κ1) is 6.09. The van der Waals surface area contributed by atoms with Crippen molar-refractivity contribution in [3.63, 3.8) is 0 Å². The summed E-state index contributed by atoms with van der Waals surface area (Å²) < 4.78 is 9.59. The van der Waals surface area contributed by atoms with Crippen molar-refractivity contribution >= 4 is 5.76 Å². The molecule has 1 aliphatic heterocycles. The number of fused-ring (bicyclic) bond motifs is 1. The number of aliphatic hydroxyl groups is 2. The molecule has 0 spiro atoms. The van der Waals surface area contributed by atoms with Crippen molar-refractivity contribution in [1.82, 2.24) is 4.98 Å². The highest BCUT2D eigenvalue weighted by Crippen LogP contribution is 2.28.